The number of benzene rings is 1. The third-order valence-corrected chi connectivity index (χ3v) is 7.67. The topological polar surface area (TPSA) is 89.6 Å². The summed E-state index contributed by atoms with van der Waals surface area (Å²) in [5.41, 5.74) is 0.885. The van der Waals surface area contributed by atoms with E-state index in [4.69, 9.17) is 0 Å². The lowest BCUT2D eigenvalue weighted by Gasteiger charge is -2.52. The van der Waals surface area contributed by atoms with Gasteiger partial charge in [-0.25, -0.2) is 0 Å². The molecule has 5 heterocycles. The first kappa shape index (κ1) is 18.8. The number of aromatic nitrogens is 2. The fourth-order valence-corrected chi connectivity index (χ4v) is 6.28. The largest absolute Gasteiger partial charge is 0.342 e. The zero-order valence-electron chi connectivity index (χ0n) is 17.5. The number of rotatable bonds is 2. The van der Waals surface area contributed by atoms with Gasteiger partial charge in [0.1, 0.15) is 0 Å². The van der Waals surface area contributed by atoms with E-state index in [1.165, 1.54) is 0 Å². The molecular formula is C23H27N5O3. The Hall–Kier alpha value is -2.90. The Morgan fingerprint density at radius 1 is 1.06 bits per heavy atom. The average Bonchev–Trinajstić information content (AvgIpc) is 3.37. The van der Waals surface area contributed by atoms with Crippen LogP contribution in [-0.2, 0) is 14.4 Å². The quantitative estimate of drug-likeness (QED) is 0.800. The summed E-state index contributed by atoms with van der Waals surface area (Å²) in [6, 6.07) is 8.01. The van der Waals surface area contributed by atoms with Crippen molar-refractivity contribution in [3.63, 3.8) is 0 Å². The molecule has 4 saturated heterocycles. The summed E-state index contributed by atoms with van der Waals surface area (Å²) < 4.78 is 0. The molecule has 1 aromatic carbocycles. The van der Waals surface area contributed by atoms with Crippen molar-refractivity contribution >= 4 is 34.4 Å². The molecule has 8 heteroatoms. The third kappa shape index (κ3) is 3.03. The molecule has 4 atom stereocenters. The summed E-state index contributed by atoms with van der Waals surface area (Å²) in [5, 5.41) is 8.23. The third-order valence-electron chi connectivity index (χ3n) is 7.67. The van der Waals surface area contributed by atoms with E-state index in [1.807, 2.05) is 29.2 Å². The molecule has 0 saturated carbocycles. The first-order chi connectivity index (χ1) is 15.1. The first-order valence-corrected chi connectivity index (χ1v) is 11.4. The second kappa shape index (κ2) is 7.07. The van der Waals surface area contributed by atoms with E-state index >= 15 is 0 Å². The van der Waals surface area contributed by atoms with Gasteiger partial charge in [-0.3, -0.25) is 24.4 Å². The number of H-pyrrole nitrogens is 1. The highest BCUT2D eigenvalue weighted by Gasteiger charge is 2.47. The summed E-state index contributed by atoms with van der Waals surface area (Å²) in [6.07, 6.45) is 4.01. The van der Waals surface area contributed by atoms with E-state index in [0.29, 0.717) is 43.7 Å². The van der Waals surface area contributed by atoms with Crippen molar-refractivity contribution in [3.05, 3.63) is 24.3 Å². The maximum Gasteiger partial charge on any atom is 0.229 e. The SMILES string of the molecule is O=C(C1CC(=O)N(c2n[nH]c3ccccc23)C1)N1C[C@@H]2C[C@@H](C1)C1CCCC(=O)N1C2. The lowest BCUT2D eigenvalue weighted by molar-refractivity contribution is -0.150. The second-order valence-corrected chi connectivity index (χ2v) is 9.61. The van der Waals surface area contributed by atoms with Crippen molar-refractivity contribution in [1.29, 1.82) is 0 Å². The van der Waals surface area contributed by atoms with Gasteiger partial charge in [0.2, 0.25) is 17.7 Å². The fraction of sp³-hybridized carbons (Fsp3) is 0.565. The highest BCUT2D eigenvalue weighted by molar-refractivity contribution is 6.05. The predicted molar refractivity (Wildman–Crippen MR) is 114 cm³/mol. The van der Waals surface area contributed by atoms with Crippen molar-refractivity contribution in [1.82, 2.24) is 20.0 Å². The maximum absolute atomic E-state index is 13.4. The average molecular weight is 422 g/mol. The van der Waals surface area contributed by atoms with Crippen molar-refractivity contribution in [2.75, 3.05) is 31.1 Å². The number of nitrogens with one attached hydrogen (secondary N) is 1. The smallest absolute Gasteiger partial charge is 0.229 e. The van der Waals surface area contributed by atoms with E-state index in [9.17, 15) is 14.4 Å². The number of carbonyl (C=O) groups excluding carboxylic acids is 3. The van der Waals surface area contributed by atoms with Crippen LogP contribution in [0, 0.1) is 17.8 Å². The van der Waals surface area contributed by atoms with Crippen LogP contribution in [0.4, 0.5) is 5.82 Å². The number of piperidine rings is 3. The van der Waals surface area contributed by atoms with Crippen LogP contribution in [0.2, 0.25) is 0 Å². The van der Waals surface area contributed by atoms with Gasteiger partial charge in [-0.1, -0.05) is 12.1 Å². The van der Waals surface area contributed by atoms with Crippen molar-refractivity contribution in [2.45, 2.75) is 38.1 Å². The minimum absolute atomic E-state index is 0.0446. The molecule has 4 fully saturated rings. The zero-order valence-corrected chi connectivity index (χ0v) is 17.5. The number of anilines is 1. The van der Waals surface area contributed by atoms with Crippen LogP contribution in [0.15, 0.2) is 24.3 Å². The summed E-state index contributed by atoms with van der Waals surface area (Å²) in [4.78, 5) is 44.3. The summed E-state index contributed by atoms with van der Waals surface area (Å²) >= 11 is 0. The van der Waals surface area contributed by atoms with E-state index in [2.05, 4.69) is 15.1 Å². The molecule has 6 rings (SSSR count). The lowest BCUT2D eigenvalue weighted by atomic mass is 9.75. The van der Waals surface area contributed by atoms with Gasteiger partial charge in [-0.05, 0) is 43.2 Å². The summed E-state index contributed by atoms with van der Waals surface area (Å²) in [6.45, 7) is 2.56. The van der Waals surface area contributed by atoms with Crippen LogP contribution in [0.3, 0.4) is 0 Å². The van der Waals surface area contributed by atoms with E-state index in [0.717, 1.165) is 36.7 Å². The number of likely N-dealkylation sites (tertiary alicyclic amines) is 1. The van der Waals surface area contributed by atoms with Gasteiger partial charge in [0.05, 0.1) is 11.4 Å². The maximum atomic E-state index is 13.4. The van der Waals surface area contributed by atoms with E-state index < -0.39 is 0 Å². The lowest BCUT2D eigenvalue weighted by Crippen LogP contribution is -2.61. The van der Waals surface area contributed by atoms with E-state index in [1.54, 1.807) is 4.90 Å². The minimum Gasteiger partial charge on any atom is -0.342 e. The van der Waals surface area contributed by atoms with Crippen LogP contribution < -0.4 is 4.90 Å². The normalized spacial score (nSPS) is 30.8. The van der Waals surface area contributed by atoms with Crippen LogP contribution in [0.25, 0.3) is 10.9 Å². The molecule has 1 N–H and O–H groups in total. The zero-order chi connectivity index (χ0) is 21.1. The van der Waals surface area contributed by atoms with Gasteiger partial charge in [-0.15, -0.1) is 0 Å². The monoisotopic (exact) mass is 421 g/mol. The number of amides is 3. The molecule has 0 radical (unpaired) electrons. The van der Waals surface area contributed by atoms with Crippen LogP contribution >= 0.6 is 0 Å². The highest BCUT2D eigenvalue weighted by Crippen LogP contribution is 2.39. The van der Waals surface area contributed by atoms with Gasteiger partial charge in [-0.2, -0.15) is 5.10 Å². The Bertz CT molecular complexity index is 1060. The fourth-order valence-electron chi connectivity index (χ4n) is 6.28. The Morgan fingerprint density at radius 3 is 2.84 bits per heavy atom. The molecule has 4 aliphatic rings. The first-order valence-electron chi connectivity index (χ1n) is 11.4. The van der Waals surface area contributed by atoms with Gasteiger partial charge < -0.3 is 9.80 Å². The second-order valence-electron chi connectivity index (χ2n) is 9.61. The molecule has 0 spiro atoms. The van der Waals surface area contributed by atoms with Crippen LogP contribution in [0.1, 0.15) is 32.1 Å². The van der Waals surface area contributed by atoms with Crippen molar-refractivity contribution < 1.29 is 14.4 Å². The number of hydrogen-bond acceptors (Lipinski definition) is 4. The predicted octanol–water partition coefficient (Wildman–Crippen LogP) is 1.78. The molecule has 3 amide bonds. The van der Waals surface area contributed by atoms with Crippen LogP contribution in [0.5, 0.6) is 0 Å². The highest BCUT2D eigenvalue weighted by atomic mass is 16.2. The molecule has 162 valence electrons. The van der Waals surface area contributed by atoms with Gasteiger partial charge in [0.25, 0.3) is 0 Å². The van der Waals surface area contributed by atoms with Gasteiger partial charge >= 0.3 is 0 Å². The molecule has 0 aliphatic carbocycles. The summed E-state index contributed by atoms with van der Waals surface area (Å²) in [5.74, 6) is 1.33. The number of aromatic amines is 1. The number of para-hydroxylation sites is 1. The Kier molecular flexibility index (Phi) is 4.30. The molecular weight excluding hydrogens is 394 g/mol. The number of fused-ring (bicyclic) bond motifs is 5. The summed E-state index contributed by atoms with van der Waals surface area (Å²) in [7, 11) is 0. The molecule has 4 aliphatic heterocycles. The number of hydrogen-bond donors (Lipinski definition) is 1. The molecule has 2 unspecified atom stereocenters. The number of nitrogens with zero attached hydrogens (tertiary/aromatic N) is 4. The molecule has 2 aromatic rings. The molecule has 2 bridgehead atoms. The number of carbonyl (C=O) groups is 3. The molecule has 1 aromatic heterocycles. The van der Waals surface area contributed by atoms with E-state index in [-0.39, 0.29) is 36.1 Å². The van der Waals surface area contributed by atoms with Crippen molar-refractivity contribution in [3.8, 4) is 0 Å². The van der Waals surface area contributed by atoms with Crippen molar-refractivity contribution in [2.24, 2.45) is 17.8 Å². The molecule has 8 nitrogen and oxygen atoms in total. The Labute approximate surface area is 180 Å². The van der Waals surface area contributed by atoms with Gasteiger partial charge in [0, 0.05) is 50.4 Å². The minimum atomic E-state index is -0.328. The Balaban J connectivity index is 1.18. The van der Waals surface area contributed by atoms with Gasteiger partial charge in [0.15, 0.2) is 5.82 Å². The molecule has 31 heavy (non-hydrogen) atoms. The van der Waals surface area contributed by atoms with Crippen LogP contribution in [-0.4, -0.2) is 69.9 Å². The standard InChI is InChI=1S/C23H27N5O3/c29-20-7-3-6-19-15-8-14(11-27(19)20)10-26(12-15)23(31)16-9-21(30)28(13-16)22-17-4-1-2-5-18(17)24-25-22/h1-2,4-5,14-16,19H,3,6-13H2,(H,24,25)/t14-,15-,16?,19?/m0/s1. The Morgan fingerprint density at radius 2 is 1.94 bits per heavy atom.